The molecular formula is C19H22N4O4. The highest BCUT2D eigenvalue weighted by Gasteiger charge is 2.15. The summed E-state index contributed by atoms with van der Waals surface area (Å²) in [5.41, 5.74) is 6.81. The van der Waals surface area contributed by atoms with E-state index in [1.807, 2.05) is 19.9 Å². The molecule has 0 unspecified atom stereocenters. The summed E-state index contributed by atoms with van der Waals surface area (Å²) in [5, 5.41) is 16.4. The van der Waals surface area contributed by atoms with E-state index in [2.05, 4.69) is 10.6 Å². The minimum absolute atomic E-state index is 0.00129. The second-order valence-corrected chi connectivity index (χ2v) is 6.56. The van der Waals surface area contributed by atoms with E-state index in [-0.39, 0.29) is 35.3 Å². The Morgan fingerprint density at radius 2 is 1.93 bits per heavy atom. The highest BCUT2D eigenvalue weighted by Crippen LogP contribution is 2.22. The van der Waals surface area contributed by atoms with Crippen LogP contribution in [-0.2, 0) is 11.3 Å². The maximum atomic E-state index is 12.2. The van der Waals surface area contributed by atoms with Crippen LogP contribution in [0.15, 0.2) is 42.5 Å². The van der Waals surface area contributed by atoms with Gasteiger partial charge in [-0.2, -0.15) is 0 Å². The van der Waals surface area contributed by atoms with Crippen molar-refractivity contribution in [1.82, 2.24) is 5.32 Å². The molecule has 0 aliphatic rings. The fourth-order valence-electron chi connectivity index (χ4n) is 2.47. The molecule has 0 aromatic heterocycles. The summed E-state index contributed by atoms with van der Waals surface area (Å²) in [5.74, 6) is -0.260. The van der Waals surface area contributed by atoms with Crippen molar-refractivity contribution in [2.24, 2.45) is 5.92 Å². The summed E-state index contributed by atoms with van der Waals surface area (Å²) >= 11 is 0. The molecule has 142 valence electrons. The van der Waals surface area contributed by atoms with E-state index in [1.165, 1.54) is 12.1 Å². The van der Waals surface area contributed by atoms with Crippen LogP contribution in [0.25, 0.3) is 0 Å². The molecule has 0 radical (unpaired) electrons. The molecule has 4 N–H and O–H groups in total. The van der Waals surface area contributed by atoms with Gasteiger partial charge in [-0.15, -0.1) is 0 Å². The number of carbonyl (C=O) groups excluding carboxylic acids is 2. The van der Waals surface area contributed by atoms with Gasteiger partial charge in [0.15, 0.2) is 0 Å². The van der Waals surface area contributed by atoms with Crippen molar-refractivity contribution in [3.63, 3.8) is 0 Å². The molecule has 8 heteroatoms. The predicted octanol–water partition coefficient (Wildman–Crippen LogP) is 3.09. The lowest BCUT2D eigenvalue weighted by atomic mass is 10.1. The zero-order valence-electron chi connectivity index (χ0n) is 15.2. The second-order valence-electron chi connectivity index (χ2n) is 6.56. The molecule has 0 saturated heterocycles. The van der Waals surface area contributed by atoms with Crippen molar-refractivity contribution in [1.29, 1.82) is 0 Å². The summed E-state index contributed by atoms with van der Waals surface area (Å²) in [7, 11) is 0. The van der Waals surface area contributed by atoms with E-state index >= 15 is 0 Å². The highest BCUT2D eigenvalue weighted by atomic mass is 16.6. The summed E-state index contributed by atoms with van der Waals surface area (Å²) in [6, 6.07) is 11.0. The van der Waals surface area contributed by atoms with Gasteiger partial charge in [0.05, 0.1) is 4.92 Å². The molecule has 0 spiro atoms. The second kappa shape index (κ2) is 8.79. The summed E-state index contributed by atoms with van der Waals surface area (Å²) in [4.78, 5) is 34.4. The number of nitrogens with one attached hydrogen (secondary N) is 2. The van der Waals surface area contributed by atoms with E-state index in [0.29, 0.717) is 12.1 Å². The fraction of sp³-hybridized carbons (Fsp3) is 0.263. The van der Waals surface area contributed by atoms with Crippen LogP contribution in [0.3, 0.4) is 0 Å². The molecule has 27 heavy (non-hydrogen) atoms. The number of hydrogen-bond donors (Lipinski definition) is 3. The van der Waals surface area contributed by atoms with Gasteiger partial charge in [-0.1, -0.05) is 26.0 Å². The molecule has 2 aromatic carbocycles. The lowest BCUT2D eigenvalue weighted by molar-refractivity contribution is -0.383. The van der Waals surface area contributed by atoms with Crippen molar-refractivity contribution < 1.29 is 14.5 Å². The number of nitro benzene ring substituents is 1. The average Bonchev–Trinajstić information content (AvgIpc) is 2.59. The van der Waals surface area contributed by atoms with Gasteiger partial charge >= 0.3 is 0 Å². The van der Waals surface area contributed by atoms with E-state index < -0.39 is 10.8 Å². The first-order valence-corrected chi connectivity index (χ1v) is 8.47. The zero-order chi connectivity index (χ0) is 20.0. The monoisotopic (exact) mass is 370 g/mol. The van der Waals surface area contributed by atoms with Crippen LogP contribution < -0.4 is 16.4 Å². The quantitative estimate of drug-likeness (QED) is 0.392. The Labute approximate surface area is 156 Å². The third-order valence-corrected chi connectivity index (χ3v) is 3.75. The van der Waals surface area contributed by atoms with Crippen LogP contribution in [0.4, 0.5) is 17.1 Å². The minimum atomic E-state index is -0.630. The first kappa shape index (κ1) is 19.9. The van der Waals surface area contributed by atoms with Gasteiger partial charge in [-0.05, 0) is 35.7 Å². The van der Waals surface area contributed by atoms with Gasteiger partial charge in [-0.3, -0.25) is 19.7 Å². The van der Waals surface area contributed by atoms with Crippen molar-refractivity contribution in [2.75, 3.05) is 11.1 Å². The molecular weight excluding hydrogens is 348 g/mol. The molecule has 0 aliphatic carbocycles. The molecule has 8 nitrogen and oxygen atoms in total. The van der Waals surface area contributed by atoms with E-state index in [0.717, 1.165) is 11.6 Å². The number of nitro groups is 1. The van der Waals surface area contributed by atoms with Gasteiger partial charge in [0.2, 0.25) is 5.91 Å². The molecule has 0 bridgehead atoms. The normalized spacial score (nSPS) is 10.5. The van der Waals surface area contributed by atoms with Crippen molar-refractivity contribution in [2.45, 2.75) is 26.8 Å². The van der Waals surface area contributed by atoms with Crippen molar-refractivity contribution >= 4 is 28.9 Å². The van der Waals surface area contributed by atoms with Gasteiger partial charge < -0.3 is 16.4 Å². The molecule has 0 aliphatic heterocycles. The fourth-order valence-corrected chi connectivity index (χ4v) is 2.47. The van der Waals surface area contributed by atoms with Crippen LogP contribution in [-0.4, -0.2) is 16.7 Å². The van der Waals surface area contributed by atoms with E-state index in [1.54, 1.807) is 18.2 Å². The number of nitrogen functional groups attached to an aromatic ring is 1. The highest BCUT2D eigenvalue weighted by molar-refractivity contribution is 5.95. The Hall–Kier alpha value is -3.42. The minimum Gasteiger partial charge on any atom is -0.393 e. The number of carbonyl (C=O) groups is 2. The van der Waals surface area contributed by atoms with Gasteiger partial charge in [0.1, 0.15) is 5.69 Å². The van der Waals surface area contributed by atoms with Crippen LogP contribution >= 0.6 is 0 Å². The number of nitrogens with zero attached hydrogens (tertiary/aromatic N) is 1. The van der Waals surface area contributed by atoms with E-state index in [4.69, 9.17) is 5.73 Å². The van der Waals surface area contributed by atoms with Crippen LogP contribution in [0.5, 0.6) is 0 Å². The van der Waals surface area contributed by atoms with Gasteiger partial charge in [0.25, 0.3) is 11.6 Å². The number of nitrogens with two attached hydrogens (primary N) is 1. The molecule has 2 amide bonds. The van der Waals surface area contributed by atoms with Crippen LogP contribution in [0.2, 0.25) is 0 Å². The Morgan fingerprint density at radius 3 is 2.59 bits per heavy atom. The number of anilines is 2. The molecule has 0 atom stereocenters. The third-order valence-electron chi connectivity index (χ3n) is 3.75. The first-order chi connectivity index (χ1) is 12.8. The Morgan fingerprint density at radius 1 is 1.19 bits per heavy atom. The third kappa shape index (κ3) is 5.81. The Balaban J connectivity index is 2.01. The summed E-state index contributed by atoms with van der Waals surface area (Å²) in [6.07, 6.45) is 0.427. The number of hydrogen-bond acceptors (Lipinski definition) is 5. The maximum absolute atomic E-state index is 12.2. The van der Waals surface area contributed by atoms with Crippen molar-refractivity contribution in [3.8, 4) is 0 Å². The number of rotatable bonds is 7. The Kier molecular flexibility index (Phi) is 6.48. The topological polar surface area (TPSA) is 127 Å². The lowest BCUT2D eigenvalue weighted by Gasteiger charge is -2.10. The molecule has 0 fully saturated rings. The number of benzene rings is 2. The SMILES string of the molecule is CC(C)CC(=O)Nc1cccc(CNC(=O)c2ccc(N)c([N+](=O)[O-])c2)c1. The van der Waals surface area contributed by atoms with Crippen molar-refractivity contribution in [3.05, 3.63) is 63.7 Å². The molecule has 0 saturated carbocycles. The van der Waals surface area contributed by atoms with Crippen LogP contribution in [0, 0.1) is 16.0 Å². The Bertz CT molecular complexity index is 865. The van der Waals surface area contributed by atoms with Crippen LogP contribution in [0.1, 0.15) is 36.2 Å². The first-order valence-electron chi connectivity index (χ1n) is 8.47. The van der Waals surface area contributed by atoms with Gasteiger partial charge in [-0.25, -0.2) is 0 Å². The average molecular weight is 370 g/mol. The summed E-state index contributed by atoms with van der Waals surface area (Å²) < 4.78 is 0. The van der Waals surface area contributed by atoms with E-state index in [9.17, 15) is 19.7 Å². The molecule has 0 heterocycles. The predicted molar refractivity (Wildman–Crippen MR) is 103 cm³/mol. The number of amides is 2. The molecule has 2 rings (SSSR count). The largest absolute Gasteiger partial charge is 0.393 e. The maximum Gasteiger partial charge on any atom is 0.292 e. The zero-order valence-corrected chi connectivity index (χ0v) is 15.2. The molecule has 2 aromatic rings. The lowest BCUT2D eigenvalue weighted by Crippen LogP contribution is -2.23. The smallest absolute Gasteiger partial charge is 0.292 e. The van der Waals surface area contributed by atoms with Gasteiger partial charge in [0, 0.05) is 30.3 Å². The summed E-state index contributed by atoms with van der Waals surface area (Å²) in [6.45, 7) is 4.14. The standard InChI is InChI=1S/C19H22N4O4/c1-12(2)8-18(24)22-15-5-3-4-13(9-15)11-21-19(25)14-6-7-16(20)17(10-14)23(26)27/h3-7,9-10,12H,8,11,20H2,1-2H3,(H,21,25)(H,22,24).